The van der Waals surface area contributed by atoms with E-state index in [0.29, 0.717) is 0 Å². The number of allylic oxidation sites excluding steroid dienone is 2. The molecule has 33 heavy (non-hydrogen) atoms. The lowest BCUT2D eigenvalue weighted by atomic mass is 9.87. The molecule has 4 aliphatic rings. The summed E-state index contributed by atoms with van der Waals surface area (Å²) in [6.07, 6.45) is 25.9. The first-order chi connectivity index (χ1) is 16.2. The van der Waals surface area contributed by atoms with Crippen LogP contribution >= 0.6 is 7.92 Å². The van der Waals surface area contributed by atoms with Crippen LogP contribution in [0.2, 0.25) is 0 Å². The largest absolute Gasteiger partial charge is 0.336 e. The fourth-order valence-corrected chi connectivity index (χ4v) is 11.6. The van der Waals surface area contributed by atoms with Gasteiger partial charge < -0.3 is 9.80 Å². The molecule has 3 aliphatic carbocycles. The van der Waals surface area contributed by atoms with E-state index in [1.54, 1.807) is 11.1 Å². The quantitative estimate of drug-likeness (QED) is 0.415. The monoisotopic (exact) mass is 462 g/mol. The molecule has 1 heterocycles. The second-order valence-corrected chi connectivity index (χ2v) is 13.8. The lowest BCUT2D eigenvalue weighted by Gasteiger charge is -2.46. The van der Waals surface area contributed by atoms with Crippen molar-refractivity contribution < 1.29 is 0 Å². The third-order valence-electron chi connectivity index (χ3n) is 8.52. The highest BCUT2D eigenvalue weighted by atomic mass is 31.1. The van der Waals surface area contributed by atoms with Crippen molar-refractivity contribution in [2.75, 3.05) is 14.1 Å². The van der Waals surface area contributed by atoms with Crippen molar-refractivity contribution in [2.45, 2.75) is 100 Å². The van der Waals surface area contributed by atoms with Gasteiger partial charge >= 0.3 is 0 Å². The van der Waals surface area contributed by atoms with E-state index in [9.17, 15) is 0 Å². The number of benzene rings is 1. The van der Waals surface area contributed by atoms with E-state index in [1.807, 2.05) is 0 Å². The van der Waals surface area contributed by atoms with Crippen LogP contribution in [-0.4, -0.2) is 40.9 Å². The first kappa shape index (κ1) is 23.2. The third kappa shape index (κ3) is 5.12. The first-order valence-corrected chi connectivity index (χ1v) is 15.2. The van der Waals surface area contributed by atoms with Crippen LogP contribution in [0.5, 0.6) is 0 Å². The van der Waals surface area contributed by atoms with Crippen LogP contribution in [0.3, 0.4) is 0 Å². The van der Waals surface area contributed by atoms with Crippen LogP contribution in [0, 0.1) is 0 Å². The predicted molar refractivity (Wildman–Crippen MR) is 144 cm³/mol. The Morgan fingerprint density at radius 1 is 0.727 bits per heavy atom. The van der Waals surface area contributed by atoms with E-state index in [4.69, 9.17) is 0 Å². The number of rotatable bonds is 4. The lowest BCUT2D eigenvalue weighted by molar-refractivity contribution is 0.429. The van der Waals surface area contributed by atoms with Crippen LogP contribution in [0.15, 0.2) is 59.7 Å². The zero-order chi connectivity index (χ0) is 22.6. The van der Waals surface area contributed by atoms with Gasteiger partial charge in [-0.1, -0.05) is 82.9 Å². The van der Waals surface area contributed by atoms with Gasteiger partial charge in [0.2, 0.25) is 0 Å². The molecule has 1 unspecified atom stereocenters. The van der Waals surface area contributed by atoms with Crippen LogP contribution in [0.25, 0.3) is 6.08 Å². The maximum absolute atomic E-state index is 2.53. The Morgan fingerprint density at radius 2 is 1.30 bits per heavy atom. The molecule has 0 N–H and O–H groups in total. The summed E-state index contributed by atoms with van der Waals surface area (Å²) in [6.45, 7) is 0. The molecule has 0 radical (unpaired) electrons. The van der Waals surface area contributed by atoms with Crippen LogP contribution in [0.1, 0.15) is 89.0 Å². The first-order valence-electron chi connectivity index (χ1n) is 13.6. The number of hydrogen-bond donors (Lipinski definition) is 0. The van der Waals surface area contributed by atoms with E-state index in [1.165, 1.54) is 94.9 Å². The summed E-state index contributed by atoms with van der Waals surface area (Å²) in [7, 11) is 4.53. The maximum Gasteiger partial charge on any atom is 0.116 e. The third-order valence-corrected chi connectivity index (χ3v) is 12.5. The SMILES string of the molecule is CN1C=CN(C)C1=C1C(=Cc2ccccc2)CCCC1P(C1CCCCC1)C1CCCCC1. The Morgan fingerprint density at radius 3 is 1.88 bits per heavy atom. The van der Waals surface area contributed by atoms with Gasteiger partial charge in [0.15, 0.2) is 0 Å². The Kier molecular flexibility index (Phi) is 7.61. The molecule has 3 fully saturated rings. The molecule has 0 saturated heterocycles. The molecule has 0 spiro atoms. The van der Waals surface area contributed by atoms with Gasteiger partial charge in [0, 0.05) is 37.7 Å². The fraction of sp³-hybridized carbons (Fsp3) is 0.600. The lowest BCUT2D eigenvalue weighted by Crippen LogP contribution is -2.33. The molecule has 1 aliphatic heterocycles. The zero-order valence-electron chi connectivity index (χ0n) is 20.9. The molecule has 3 saturated carbocycles. The summed E-state index contributed by atoms with van der Waals surface area (Å²) in [5.74, 6) is 1.46. The molecule has 0 bridgehead atoms. The van der Waals surface area contributed by atoms with Gasteiger partial charge in [-0.25, -0.2) is 0 Å². The van der Waals surface area contributed by atoms with Crippen LogP contribution < -0.4 is 0 Å². The minimum Gasteiger partial charge on any atom is -0.336 e. The Bertz CT molecular complexity index is 842. The van der Waals surface area contributed by atoms with E-state index in [2.05, 4.69) is 72.7 Å². The molecule has 0 aromatic heterocycles. The Hall–Kier alpha value is -1.53. The van der Waals surface area contributed by atoms with Gasteiger partial charge in [-0.2, -0.15) is 0 Å². The van der Waals surface area contributed by atoms with Crippen molar-refractivity contribution in [1.29, 1.82) is 0 Å². The van der Waals surface area contributed by atoms with Crippen molar-refractivity contribution >= 4 is 14.0 Å². The average molecular weight is 463 g/mol. The molecule has 1 atom stereocenters. The van der Waals surface area contributed by atoms with Gasteiger partial charge in [0.05, 0.1) is 0 Å². The van der Waals surface area contributed by atoms with Gasteiger partial charge in [0.25, 0.3) is 0 Å². The van der Waals surface area contributed by atoms with Crippen molar-refractivity contribution in [3.8, 4) is 0 Å². The summed E-state index contributed by atoms with van der Waals surface area (Å²) in [5.41, 5.74) is 7.46. The van der Waals surface area contributed by atoms with Crippen molar-refractivity contribution in [3.05, 3.63) is 65.3 Å². The van der Waals surface area contributed by atoms with E-state index < -0.39 is 0 Å². The van der Waals surface area contributed by atoms with Crippen LogP contribution in [0.4, 0.5) is 0 Å². The minimum atomic E-state index is 0.0103. The second kappa shape index (κ2) is 10.8. The standard InChI is InChI=1S/C30H43N2P/c1-31-21-22-32(2)30(31)29-25(23-24-13-6-3-7-14-24)15-12-20-28(29)33(26-16-8-4-9-17-26)27-18-10-5-11-19-27/h3,6-7,13-14,21-23,26-28H,4-5,8-12,15-20H2,1-2H3. The summed E-state index contributed by atoms with van der Waals surface area (Å²) in [5, 5.41) is 0. The minimum absolute atomic E-state index is 0.0103. The zero-order valence-corrected chi connectivity index (χ0v) is 21.8. The maximum atomic E-state index is 2.53. The molecule has 1 aromatic rings. The molecular formula is C30H43N2P. The summed E-state index contributed by atoms with van der Waals surface area (Å²) in [6, 6.07) is 11.1. The van der Waals surface area contributed by atoms with E-state index >= 15 is 0 Å². The molecule has 5 rings (SSSR count). The van der Waals surface area contributed by atoms with Gasteiger partial charge in [0.1, 0.15) is 5.82 Å². The molecule has 178 valence electrons. The van der Waals surface area contributed by atoms with Gasteiger partial charge in [-0.15, -0.1) is 0 Å². The predicted octanol–water partition coefficient (Wildman–Crippen LogP) is 8.33. The van der Waals surface area contributed by atoms with E-state index in [0.717, 1.165) is 17.0 Å². The number of nitrogens with zero attached hydrogens (tertiary/aromatic N) is 2. The molecular weight excluding hydrogens is 419 g/mol. The van der Waals surface area contributed by atoms with Crippen LogP contribution in [-0.2, 0) is 0 Å². The van der Waals surface area contributed by atoms with Crippen molar-refractivity contribution in [1.82, 2.24) is 9.80 Å². The van der Waals surface area contributed by atoms with Gasteiger partial charge in [-0.3, -0.25) is 0 Å². The topological polar surface area (TPSA) is 6.48 Å². The van der Waals surface area contributed by atoms with Crippen molar-refractivity contribution in [2.24, 2.45) is 0 Å². The Balaban J connectivity index is 1.59. The van der Waals surface area contributed by atoms with E-state index in [-0.39, 0.29) is 7.92 Å². The highest BCUT2D eigenvalue weighted by Gasteiger charge is 2.41. The Labute approximate surface area is 203 Å². The molecule has 3 heteroatoms. The second-order valence-electron chi connectivity index (χ2n) is 10.8. The number of hydrogen-bond acceptors (Lipinski definition) is 2. The summed E-state index contributed by atoms with van der Waals surface area (Å²) in [4.78, 5) is 4.81. The summed E-state index contributed by atoms with van der Waals surface area (Å²) < 4.78 is 0. The molecule has 0 amide bonds. The highest BCUT2D eigenvalue weighted by Crippen LogP contribution is 2.64. The smallest absolute Gasteiger partial charge is 0.116 e. The molecule has 1 aromatic carbocycles. The van der Waals surface area contributed by atoms with Gasteiger partial charge in [-0.05, 0) is 67.4 Å². The normalized spacial score (nSPS) is 26.8. The fourth-order valence-electron chi connectivity index (χ4n) is 7.01. The summed E-state index contributed by atoms with van der Waals surface area (Å²) >= 11 is 0. The average Bonchev–Trinajstić information content (AvgIpc) is 3.19. The van der Waals surface area contributed by atoms with Crippen molar-refractivity contribution in [3.63, 3.8) is 0 Å². The highest BCUT2D eigenvalue weighted by molar-refractivity contribution is 7.60. The molecule has 2 nitrogen and oxygen atoms in total.